The van der Waals surface area contributed by atoms with E-state index in [1.165, 1.54) is 0 Å². The van der Waals surface area contributed by atoms with Gasteiger partial charge >= 0.3 is 0 Å². The average Bonchev–Trinajstić information content (AvgIpc) is 2.49. The van der Waals surface area contributed by atoms with Crippen LogP contribution in [0.2, 0.25) is 10.0 Å². The number of hydrogen-bond acceptors (Lipinski definition) is 3. The first-order valence-electron chi connectivity index (χ1n) is 6.91. The Hall–Kier alpha value is -1.28. The van der Waals surface area contributed by atoms with Gasteiger partial charge in [0.05, 0.1) is 16.1 Å². The summed E-state index contributed by atoms with van der Waals surface area (Å²) in [5.41, 5.74) is 1.16. The quantitative estimate of drug-likeness (QED) is 0.854. The van der Waals surface area contributed by atoms with Crippen molar-refractivity contribution in [1.29, 1.82) is 5.26 Å². The van der Waals surface area contributed by atoms with Crippen LogP contribution in [0.15, 0.2) is 18.2 Å². The molecule has 1 saturated heterocycles. The third-order valence-corrected chi connectivity index (χ3v) is 4.40. The molecule has 1 aliphatic rings. The summed E-state index contributed by atoms with van der Waals surface area (Å²) in [5, 5.41) is 9.70. The van der Waals surface area contributed by atoms with Crippen molar-refractivity contribution in [3.63, 3.8) is 0 Å². The Kier molecular flexibility index (Phi) is 5.86. The van der Waals surface area contributed by atoms with Gasteiger partial charge in [0, 0.05) is 32.7 Å². The summed E-state index contributed by atoms with van der Waals surface area (Å²) in [6, 6.07) is 7.61. The molecule has 0 bridgehead atoms. The lowest BCUT2D eigenvalue weighted by Gasteiger charge is -2.34. The standard InChI is InChI=1S/C15H17Cl2N3O/c16-13-2-1-12(11-14(13)17)4-6-19-7-9-20(10-8-19)15(21)3-5-18/h1-2,11H,3-4,6-10H2. The molecule has 0 spiro atoms. The van der Waals surface area contributed by atoms with E-state index in [1.807, 2.05) is 24.3 Å². The lowest BCUT2D eigenvalue weighted by Crippen LogP contribution is -2.49. The van der Waals surface area contributed by atoms with Crippen molar-refractivity contribution in [2.24, 2.45) is 0 Å². The number of hydrogen-bond donors (Lipinski definition) is 0. The van der Waals surface area contributed by atoms with Crippen molar-refractivity contribution in [2.45, 2.75) is 12.8 Å². The summed E-state index contributed by atoms with van der Waals surface area (Å²) in [6.07, 6.45) is 0.881. The highest BCUT2D eigenvalue weighted by Crippen LogP contribution is 2.22. The van der Waals surface area contributed by atoms with E-state index in [9.17, 15) is 4.79 Å². The van der Waals surface area contributed by atoms with Gasteiger partial charge in [0.15, 0.2) is 0 Å². The molecular weight excluding hydrogens is 309 g/mol. The second-order valence-corrected chi connectivity index (χ2v) is 5.87. The van der Waals surface area contributed by atoms with Crippen molar-refractivity contribution in [2.75, 3.05) is 32.7 Å². The van der Waals surface area contributed by atoms with E-state index >= 15 is 0 Å². The van der Waals surface area contributed by atoms with Crippen LogP contribution in [-0.2, 0) is 11.2 Å². The number of rotatable bonds is 4. The van der Waals surface area contributed by atoms with Crippen LogP contribution in [0.3, 0.4) is 0 Å². The Balaban J connectivity index is 1.77. The van der Waals surface area contributed by atoms with Crippen LogP contribution in [-0.4, -0.2) is 48.4 Å². The highest BCUT2D eigenvalue weighted by molar-refractivity contribution is 6.42. The lowest BCUT2D eigenvalue weighted by molar-refractivity contribution is -0.131. The highest BCUT2D eigenvalue weighted by atomic mass is 35.5. The predicted molar refractivity (Wildman–Crippen MR) is 83.4 cm³/mol. The molecule has 1 fully saturated rings. The van der Waals surface area contributed by atoms with Crippen LogP contribution >= 0.6 is 23.2 Å². The number of benzene rings is 1. The van der Waals surface area contributed by atoms with E-state index in [0.29, 0.717) is 23.1 Å². The molecule has 0 N–H and O–H groups in total. The van der Waals surface area contributed by atoms with Gasteiger partial charge in [-0.1, -0.05) is 29.3 Å². The number of halogens is 2. The zero-order valence-corrected chi connectivity index (χ0v) is 13.2. The largest absolute Gasteiger partial charge is 0.339 e. The Morgan fingerprint density at radius 3 is 2.52 bits per heavy atom. The molecule has 1 aromatic rings. The summed E-state index contributed by atoms with van der Waals surface area (Å²) >= 11 is 11.9. The Bertz CT molecular complexity index is 548. The van der Waals surface area contributed by atoms with Crippen LogP contribution in [0.25, 0.3) is 0 Å². The molecule has 1 heterocycles. The van der Waals surface area contributed by atoms with Crippen molar-refractivity contribution in [1.82, 2.24) is 9.80 Å². The molecule has 0 aliphatic carbocycles. The zero-order valence-electron chi connectivity index (χ0n) is 11.7. The molecule has 1 amide bonds. The maximum atomic E-state index is 11.6. The molecule has 0 aromatic heterocycles. The van der Waals surface area contributed by atoms with Crippen LogP contribution < -0.4 is 0 Å². The molecule has 112 valence electrons. The molecule has 1 aromatic carbocycles. The van der Waals surface area contributed by atoms with Crippen molar-refractivity contribution in [3.8, 4) is 6.07 Å². The van der Waals surface area contributed by atoms with Gasteiger partial charge in [0.25, 0.3) is 0 Å². The van der Waals surface area contributed by atoms with Gasteiger partial charge in [-0.3, -0.25) is 9.69 Å². The van der Waals surface area contributed by atoms with Crippen LogP contribution in [0, 0.1) is 11.3 Å². The summed E-state index contributed by atoms with van der Waals surface area (Å²) in [7, 11) is 0. The first kappa shape index (κ1) is 16.1. The molecule has 4 nitrogen and oxygen atoms in total. The Morgan fingerprint density at radius 2 is 1.90 bits per heavy atom. The first-order valence-corrected chi connectivity index (χ1v) is 7.67. The maximum absolute atomic E-state index is 11.6. The fourth-order valence-corrected chi connectivity index (χ4v) is 2.70. The normalized spacial score (nSPS) is 15.8. The van der Waals surface area contributed by atoms with Crippen LogP contribution in [0.4, 0.5) is 0 Å². The van der Waals surface area contributed by atoms with Gasteiger partial charge in [0.1, 0.15) is 6.42 Å². The molecule has 0 unspecified atom stereocenters. The summed E-state index contributed by atoms with van der Waals surface area (Å²) < 4.78 is 0. The van der Waals surface area contributed by atoms with Crippen LogP contribution in [0.5, 0.6) is 0 Å². The van der Waals surface area contributed by atoms with E-state index in [0.717, 1.165) is 31.6 Å². The number of piperazine rings is 1. The number of carbonyl (C=O) groups excluding carboxylic acids is 1. The summed E-state index contributed by atoms with van der Waals surface area (Å²) in [6.45, 7) is 4.01. The second-order valence-electron chi connectivity index (χ2n) is 5.06. The molecule has 1 aliphatic heterocycles. The van der Waals surface area contributed by atoms with Gasteiger partial charge < -0.3 is 4.90 Å². The first-order chi connectivity index (χ1) is 10.1. The van der Waals surface area contributed by atoms with Gasteiger partial charge in [-0.25, -0.2) is 0 Å². The fraction of sp³-hybridized carbons (Fsp3) is 0.467. The van der Waals surface area contributed by atoms with Gasteiger partial charge in [0.2, 0.25) is 5.91 Å². The van der Waals surface area contributed by atoms with Crippen molar-refractivity contribution >= 4 is 29.1 Å². The van der Waals surface area contributed by atoms with Crippen molar-refractivity contribution in [3.05, 3.63) is 33.8 Å². The third-order valence-electron chi connectivity index (χ3n) is 3.66. The number of nitriles is 1. The monoisotopic (exact) mass is 325 g/mol. The summed E-state index contributed by atoms with van der Waals surface area (Å²) in [4.78, 5) is 15.7. The lowest BCUT2D eigenvalue weighted by atomic mass is 10.1. The Morgan fingerprint density at radius 1 is 1.19 bits per heavy atom. The molecule has 0 radical (unpaired) electrons. The smallest absolute Gasteiger partial charge is 0.236 e. The van der Waals surface area contributed by atoms with E-state index in [2.05, 4.69) is 4.90 Å². The van der Waals surface area contributed by atoms with E-state index in [-0.39, 0.29) is 12.3 Å². The van der Waals surface area contributed by atoms with E-state index < -0.39 is 0 Å². The second kappa shape index (κ2) is 7.65. The number of amides is 1. The van der Waals surface area contributed by atoms with E-state index in [4.69, 9.17) is 28.5 Å². The minimum absolute atomic E-state index is 0.0245. The highest BCUT2D eigenvalue weighted by Gasteiger charge is 2.20. The predicted octanol–water partition coefficient (Wildman–Crippen LogP) is 2.59. The SMILES string of the molecule is N#CCC(=O)N1CCN(CCc2ccc(Cl)c(Cl)c2)CC1. The molecule has 0 saturated carbocycles. The molecule has 21 heavy (non-hydrogen) atoms. The van der Waals surface area contributed by atoms with Gasteiger partial charge in [-0.2, -0.15) is 5.26 Å². The summed E-state index contributed by atoms with van der Waals surface area (Å²) in [5.74, 6) is -0.0679. The molecule has 2 rings (SSSR count). The topological polar surface area (TPSA) is 47.3 Å². The molecule has 6 heteroatoms. The Labute approximate surface area is 134 Å². The number of carbonyl (C=O) groups is 1. The zero-order chi connectivity index (χ0) is 15.2. The minimum atomic E-state index is -0.0679. The minimum Gasteiger partial charge on any atom is -0.339 e. The maximum Gasteiger partial charge on any atom is 0.236 e. The van der Waals surface area contributed by atoms with Gasteiger partial charge in [-0.15, -0.1) is 0 Å². The number of nitrogens with zero attached hydrogens (tertiary/aromatic N) is 3. The van der Waals surface area contributed by atoms with Gasteiger partial charge in [-0.05, 0) is 24.1 Å². The van der Waals surface area contributed by atoms with Crippen molar-refractivity contribution < 1.29 is 4.79 Å². The average molecular weight is 326 g/mol. The molecule has 0 atom stereocenters. The van der Waals surface area contributed by atoms with Crippen LogP contribution in [0.1, 0.15) is 12.0 Å². The molecular formula is C15H17Cl2N3O. The fourth-order valence-electron chi connectivity index (χ4n) is 2.38. The van der Waals surface area contributed by atoms with E-state index in [1.54, 1.807) is 4.90 Å². The third kappa shape index (κ3) is 4.60.